The molecule has 0 bridgehead atoms. The average molecular weight is 341 g/mol. The van der Waals surface area contributed by atoms with Gasteiger partial charge < -0.3 is 5.32 Å². The molecule has 1 N–H and O–H groups in total. The molecular weight excluding hydrogens is 322 g/mol. The molecule has 0 saturated heterocycles. The van der Waals surface area contributed by atoms with E-state index < -0.39 is 9.84 Å². The molecule has 0 unspecified atom stereocenters. The Kier molecular flexibility index (Phi) is 4.57. The molecule has 0 radical (unpaired) electrons. The lowest BCUT2D eigenvalue weighted by Crippen LogP contribution is -2.02. The van der Waals surface area contributed by atoms with Gasteiger partial charge in [0.15, 0.2) is 9.84 Å². The second-order valence-electron chi connectivity index (χ2n) is 5.43. The van der Waals surface area contributed by atoms with Crippen LogP contribution >= 0.6 is 0 Å². The monoisotopic (exact) mass is 341 g/mol. The maximum absolute atomic E-state index is 11.5. The van der Waals surface area contributed by atoms with Gasteiger partial charge in [0.2, 0.25) is 0 Å². The lowest BCUT2D eigenvalue weighted by molar-refractivity contribution is 0.602. The van der Waals surface area contributed by atoms with Crippen LogP contribution in [0.5, 0.6) is 0 Å². The molecule has 3 rings (SSSR count). The molecule has 1 heterocycles. The summed E-state index contributed by atoms with van der Waals surface area (Å²) < 4.78 is 23.0. The van der Waals surface area contributed by atoms with Crippen molar-refractivity contribution in [2.24, 2.45) is 0 Å². The van der Waals surface area contributed by atoms with Crippen LogP contribution in [0.4, 0.5) is 5.82 Å². The molecule has 5 nitrogen and oxygen atoms in total. The first kappa shape index (κ1) is 16.1. The van der Waals surface area contributed by atoms with E-state index in [0.29, 0.717) is 18.1 Å². The van der Waals surface area contributed by atoms with Gasteiger partial charge in [0.25, 0.3) is 0 Å². The standard InChI is InChI=1S/C18H17N3O2S.H2/c1-24(22,23)16-9-7-15(8-10-16)17-12-19-13-18(21-17)20-11-14-5-3-2-4-6-14;/h2-10,12-13H,11H2,1H3,(H,20,21);1H. The van der Waals surface area contributed by atoms with Crippen LogP contribution in [0.3, 0.4) is 0 Å². The van der Waals surface area contributed by atoms with E-state index in [4.69, 9.17) is 0 Å². The first-order chi connectivity index (χ1) is 11.5. The third-order valence-electron chi connectivity index (χ3n) is 3.53. The molecule has 0 aliphatic rings. The molecule has 6 heteroatoms. The predicted octanol–water partition coefficient (Wildman–Crippen LogP) is 3.41. The van der Waals surface area contributed by atoms with E-state index in [2.05, 4.69) is 15.3 Å². The summed E-state index contributed by atoms with van der Waals surface area (Å²) in [6.45, 7) is 0.659. The Morgan fingerprint density at radius 1 is 1.00 bits per heavy atom. The van der Waals surface area contributed by atoms with Crippen molar-refractivity contribution < 1.29 is 9.84 Å². The van der Waals surface area contributed by atoms with Gasteiger partial charge in [0.05, 0.1) is 23.0 Å². The number of aromatic nitrogens is 2. The Morgan fingerprint density at radius 3 is 2.38 bits per heavy atom. The highest BCUT2D eigenvalue weighted by atomic mass is 32.2. The lowest BCUT2D eigenvalue weighted by Gasteiger charge is -2.07. The fourth-order valence-corrected chi connectivity index (χ4v) is 2.88. The van der Waals surface area contributed by atoms with E-state index in [-0.39, 0.29) is 6.32 Å². The van der Waals surface area contributed by atoms with Gasteiger partial charge in [-0.1, -0.05) is 42.5 Å². The molecule has 0 atom stereocenters. The number of anilines is 1. The number of hydrogen-bond acceptors (Lipinski definition) is 5. The maximum Gasteiger partial charge on any atom is 0.175 e. The van der Waals surface area contributed by atoms with Crippen LogP contribution in [-0.4, -0.2) is 24.6 Å². The maximum atomic E-state index is 11.5. The smallest absolute Gasteiger partial charge is 0.175 e. The molecule has 0 saturated carbocycles. The highest BCUT2D eigenvalue weighted by molar-refractivity contribution is 7.90. The third-order valence-corrected chi connectivity index (χ3v) is 4.66. The summed E-state index contributed by atoms with van der Waals surface area (Å²) in [6, 6.07) is 16.7. The highest BCUT2D eigenvalue weighted by Crippen LogP contribution is 2.20. The molecule has 0 aliphatic carbocycles. The molecule has 124 valence electrons. The van der Waals surface area contributed by atoms with Crippen molar-refractivity contribution in [3.8, 4) is 11.3 Å². The normalized spacial score (nSPS) is 11.2. The van der Waals surface area contributed by atoms with E-state index >= 15 is 0 Å². The SMILES string of the molecule is CS(=O)(=O)c1ccc(-c2cncc(NCc3ccccc3)n2)cc1.[HH]. The summed E-state index contributed by atoms with van der Waals surface area (Å²) in [5.41, 5.74) is 2.66. The minimum Gasteiger partial charge on any atom is -0.365 e. The zero-order chi connectivity index (χ0) is 17.0. The fraction of sp³-hybridized carbons (Fsp3) is 0.111. The van der Waals surface area contributed by atoms with Crippen molar-refractivity contribution in [3.63, 3.8) is 0 Å². The predicted molar refractivity (Wildman–Crippen MR) is 96.5 cm³/mol. The van der Waals surface area contributed by atoms with Gasteiger partial charge in [0, 0.05) is 19.8 Å². The van der Waals surface area contributed by atoms with Gasteiger partial charge in [-0.05, 0) is 17.7 Å². The van der Waals surface area contributed by atoms with Crippen LogP contribution in [0.2, 0.25) is 0 Å². The molecule has 24 heavy (non-hydrogen) atoms. The second-order valence-corrected chi connectivity index (χ2v) is 7.44. The lowest BCUT2D eigenvalue weighted by atomic mass is 10.2. The molecule has 2 aromatic carbocycles. The Balaban J connectivity index is 0.00000225. The first-order valence-corrected chi connectivity index (χ1v) is 9.32. The molecule has 1 aromatic heterocycles. The van der Waals surface area contributed by atoms with Crippen LogP contribution in [0.15, 0.2) is 71.9 Å². The molecule has 0 amide bonds. The molecule has 0 fully saturated rings. The van der Waals surface area contributed by atoms with Gasteiger partial charge in [-0.3, -0.25) is 4.98 Å². The number of nitrogens with zero attached hydrogens (tertiary/aromatic N) is 2. The molecule has 0 aliphatic heterocycles. The number of hydrogen-bond donors (Lipinski definition) is 1. The quantitative estimate of drug-likeness (QED) is 0.770. The van der Waals surface area contributed by atoms with Gasteiger partial charge in [-0.2, -0.15) is 0 Å². The largest absolute Gasteiger partial charge is 0.365 e. The Labute approximate surface area is 142 Å². The molecular formula is C18H19N3O2S. The van der Waals surface area contributed by atoms with Gasteiger partial charge in [0.1, 0.15) is 5.82 Å². The van der Waals surface area contributed by atoms with Crippen LogP contribution in [-0.2, 0) is 16.4 Å². The number of sulfone groups is 1. The van der Waals surface area contributed by atoms with Gasteiger partial charge in [-0.25, -0.2) is 13.4 Å². The number of nitrogens with one attached hydrogen (secondary N) is 1. The molecule has 3 aromatic rings. The van der Waals surface area contributed by atoms with E-state index in [1.54, 1.807) is 36.7 Å². The minimum absolute atomic E-state index is 0. The van der Waals surface area contributed by atoms with Crippen LogP contribution < -0.4 is 5.32 Å². The Hall–Kier alpha value is -2.73. The van der Waals surface area contributed by atoms with Crippen molar-refractivity contribution in [2.75, 3.05) is 11.6 Å². The fourth-order valence-electron chi connectivity index (χ4n) is 2.25. The Morgan fingerprint density at radius 2 is 1.71 bits per heavy atom. The zero-order valence-electron chi connectivity index (χ0n) is 13.2. The highest BCUT2D eigenvalue weighted by Gasteiger charge is 2.08. The average Bonchev–Trinajstić information content (AvgIpc) is 2.60. The van der Waals surface area contributed by atoms with E-state index in [9.17, 15) is 8.42 Å². The zero-order valence-corrected chi connectivity index (χ0v) is 14.0. The van der Waals surface area contributed by atoms with Crippen LogP contribution in [0.1, 0.15) is 6.99 Å². The van der Waals surface area contributed by atoms with Crippen molar-refractivity contribution in [1.82, 2.24) is 9.97 Å². The Bertz CT molecular complexity index is 930. The number of benzene rings is 2. The summed E-state index contributed by atoms with van der Waals surface area (Å²) in [6.07, 6.45) is 4.51. The minimum atomic E-state index is -3.20. The van der Waals surface area contributed by atoms with Crippen LogP contribution in [0.25, 0.3) is 11.3 Å². The molecule has 0 spiro atoms. The van der Waals surface area contributed by atoms with E-state index in [1.165, 1.54) is 6.26 Å². The first-order valence-electron chi connectivity index (χ1n) is 7.43. The van der Waals surface area contributed by atoms with Gasteiger partial charge >= 0.3 is 0 Å². The summed E-state index contributed by atoms with van der Waals surface area (Å²) >= 11 is 0. The summed E-state index contributed by atoms with van der Waals surface area (Å²) in [5.74, 6) is 0.670. The topological polar surface area (TPSA) is 72.0 Å². The van der Waals surface area contributed by atoms with Crippen molar-refractivity contribution in [3.05, 3.63) is 72.6 Å². The number of rotatable bonds is 5. The second kappa shape index (κ2) is 6.80. The third kappa shape index (κ3) is 3.97. The van der Waals surface area contributed by atoms with Crippen LogP contribution in [0, 0.1) is 0 Å². The van der Waals surface area contributed by atoms with Crippen molar-refractivity contribution >= 4 is 15.7 Å². The van der Waals surface area contributed by atoms with E-state index in [0.717, 1.165) is 11.1 Å². The van der Waals surface area contributed by atoms with Crippen molar-refractivity contribution in [2.45, 2.75) is 11.4 Å². The van der Waals surface area contributed by atoms with Gasteiger partial charge in [-0.15, -0.1) is 0 Å². The summed E-state index contributed by atoms with van der Waals surface area (Å²) in [5, 5.41) is 3.24. The summed E-state index contributed by atoms with van der Waals surface area (Å²) in [7, 11) is -3.20. The van der Waals surface area contributed by atoms with E-state index in [1.807, 2.05) is 30.3 Å². The summed E-state index contributed by atoms with van der Waals surface area (Å²) in [4.78, 5) is 9.02. The van der Waals surface area contributed by atoms with Crippen molar-refractivity contribution in [1.29, 1.82) is 0 Å².